The van der Waals surface area contributed by atoms with Gasteiger partial charge < -0.3 is 15.0 Å². The third-order valence-corrected chi connectivity index (χ3v) is 3.93. The zero-order valence-corrected chi connectivity index (χ0v) is 11.5. The summed E-state index contributed by atoms with van der Waals surface area (Å²) in [6.07, 6.45) is 7.68. The molecule has 108 valence electrons. The topological polar surface area (TPSA) is 67.4 Å². The molecule has 6 heteroatoms. The summed E-state index contributed by atoms with van der Waals surface area (Å²) in [6, 6.07) is 0. The van der Waals surface area contributed by atoms with E-state index >= 15 is 0 Å². The lowest BCUT2D eigenvalue weighted by Gasteiger charge is -2.26. The minimum absolute atomic E-state index is 0.102. The number of carbonyl (C=O) groups is 1. The van der Waals surface area contributed by atoms with E-state index in [4.69, 9.17) is 4.74 Å². The molecule has 1 aromatic rings. The van der Waals surface area contributed by atoms with E-state index in [2.05, 4.69) is 20.2 Å². The van der Waals surface area contributed by atoms with E-state index in [1.54, 1.807) is 12.4 Å². The average molecular weight is 276 g/mol. The van der Waals surface area contributed by atoms with Crippen LogP contribution in [0.25, 0.3) is 0 Å². The van der Waals surface area contributed by atoms with Gasteiger partial charge in [0.05, 0.1) is 31.3 Å². The minimum atomic E-state index is 0.102. The van der Waals surface area contributed by atoms with Gasteiger partial charge >= 0.3 is 0 Å². The van der Waals surface area contributed by atoms with Crippen LogP contribution in [0.2, 0.25) is 0 Å². The van der Waals surface area contributed by atoms with Crippen molar-refractivity contribution in [1.29, 1.82) is 0 Å². The molecule has 0 bridgehead atoms. The van der Waals surface area contributed by atoms with Crippen LogP contribution >= 0.6 is 0 Å². The lowest BCUT2D eigenvalue weighted by Crippen LogP contribution is -2.37. The Bertz CT molecular complexity index is 451. The summed E-state index contributed by atoms with van der Waals surface area (Å²) in [6.45, 7) is 3.05. The average Bonchev–Trinajstić information content (AvgIpc) is 3.03. The summed E-state index contributed by atoms with van der Waals surface area (Å²) < 4.78 is 5.30. The van der Waals surface area contributed by atoms with Crippen LogP contribution in [0.4, 0.5) is 11.6 Å². The zero-order valence-electron chi connectivity index (χ0n) is 11.5. The molecule has 3 rings (SSSR count). The van der Waals surface area contributed by atoms with Crippen molar-refractivity contribution >= 4 is 17.5 Å². The molecule has 0 aromatic carbocycles. The zero-order chi connectivity index (χ0) is 13.8. The quantitative estimate of drug-likeness (QED) is 0.905. The molecule has 1 saturated heterocycles. The maximum Gasteiger partial charge on any atom is 0.227 e. The molecule has 0 spiro atoms. The predicted molar refractivity (Wildman–Crippen MR) is 75.7 cm³/mol. The molecule has 1 aliphatic heterocycles. The summed E-state index contributed by atoms with van der Waals surface area (Å²) in [5.41, 5.74) is 0.680. The highest BCUT2D eigenvalue weighted by Crippen LogP contribution is 2.25. The van der Waals surface area contributed by atoms with Gasteiger partial charge in [0.15, 0.2) is 0 Å². The van der Waals surface area contributed by atoms with Gasteiger partial charge in [-0.15, -0.1) is 0 Å². The number of hydrogen-bond donors (Lipinski definition) is 1. The van der Waals surface area contributed by atoms with Gasteiger partial charge in [-0.2, -0.15) is 0 Å². The molecule has 2 fully saturated rings. The van der Waals surface area contributed by atoms with Gasteiger partial charge in [0, 0.05) is 19.0 Å². The summed E-state index contributed by atoms with van der Waals surface area (Å²) in [7, 11) is 0. The number of morpholine rings is 1. The standard InChI is InChI=1S/C14H20N4O2/c19-13(11-3-1-2-4-11)17-12-9-15-14(16-10-12)18-5-7-20-8-6-18/h9-11H,1-8H2,(H,17,19). The SMILES string of the molecule is O=C(Nc1cnc(N2CCOCC2)nc1)C1CCCC1. The lowest BCUT2D eigenvalue weighted by atomic mass is 10.1. The first-order valence-electron chi connectivity index (χ1n) is 7.28. The van der Waals surface area contributed by atoms with Crippen LogP contribution in [0.15, 0.2) is 12.4 Å². The fourth-order valence-electron chi connectivity index (χ4n) is 2.74. The smallest absolute Gasteiger partial charge is 0.227 e. The normalized spacial score (nSPS) is 20.1. The first-order valence-corrected chi connectivity index (χ1v) is 7.28. The van der Waals surface area contributed by atoms with Gasteiger partial charge in [0.2, 0.25) is 11.9 Å². The van der Waals surface area contributed by atoms with Crippen molar-refractivity contribution in [2.24, 2.45) is 5.92 Å². The highest BCUT2D eigenvalue weighted by molar-refractivity contribution is 5.92. The van der Waals surface area contributed by atoms with Crippen LogP contribution in [-0.2, 0) is 9.53 Å². The van der Waals surface area contributed by atoms with Crippen LogP contribution in [-0.4, -0.2) is 42.2 Å². The Labute approximate surface area is 118 Å². The van der Waals surface area contributed by atoms with E-state index < -0.39 is 0 Å². The molecular weight excluding hydrogens is 256 g/mol. The molecule has 0 atom stereocenters. The Hall–Kier alpha value is -1.69. The third-order valence-electron chi connectivity index (χ3n) is 3.93. The molecule has 0 unspecified atom stereocenters. The minimum Gasteiger partial charge on any atom is -0.378 e. The number of nitrogens with one attached hydrogen (secondary N) is 1. The van der Waals surface area contributed by atoms with E-state index in [-0.39, 0.29) is 11.8 Å². The number of amides is 1. The second-order valence-corrected chi connectivity index (χ2v) is 5.34. The number of nitrogens with zero attached hydrogens (tertiary/aromatic N) is 3. The van der Waals surface area contributed by atoms with Gasteiger partial charge in [-0.3, -0.25) is 4.79 Å². The van der Waals surface area contributed by atoms with Crippen LogP contribution in [0.1, 0.15) is 25.7 Å². The van der Waals surface area contributed by atoms with E-state index in [9.17, 15) is 4.79 Å². The van der Waals surface area contributed by atoms with E-state index in [0.717, 1.165) is 38.8 Å². The highest BCUT2D eigenvalue weighted by atomic mass is 16.5. The Balaban J connectivity index is 1.59. The summed E-state index contributed by atoms with van der Waals surface area (Å²) in [5.74, 6) is 0.964. The van der Waals surface area contributed by atoms with Crippen LogP contribution < -0.4 is 10.2 Å². The van der Waals surface area contributed by atoms with Crippen LogP contribution in [0, 0.1) is 5.92 Å². The largest absolute Gasteiger partial charge is 0.378 e. The van der Waals surface area contributed by atoms with Crippen molar-refractivity contribution in [2.75, 3.05) is 36.5 Å². The first-order chi connectivity index (χ1) is 9.83. The number of hydrogen-bond acceptors (Lipinski definition) is 5. The van der Waals surface area contributed by atoms with E-state index in [1.807, 2.05) is 0 Å². The molecule has 0 radical (unpaired) electrons. The molecule has 1 N–H and O–H groups in total. The first kappa shape index (κ1) is 13.3. The fourth-order valence-corrected chi connectivity index (χ4v) is 2.74. The van der Waals surface area contributed by atoms with Crippen molar-refractivity contribution in [2.45, 2.75) is 25.7 Å². The number of aromatic nitrogens is 2. The number of carbonyl (C=O) groups excluding carboxylic acids is 1. The van der Waals surface area contributed by atoms with Gasteiger partial charge in [-0.05, 0) is 12.8 Å². The van der Waals surface area contributed by atoms with Gasteiger partial charge in [-0.25, -0.2) is 9.97 Å². The van der Waals surface area contributed by atoms with Crippen molar-refractivity contribution in [1.82, 2.24) is 9.97 Å². The second kappa shape index (κ2) is 6.17. The number of rotatable bonds is 3. The van der Waals surface area contributed by atoms with Crippen molar-refractivity contribution in [3.05, 3.63) is 12.4 Å². The summed E-state index contributed by atoms with van der Waals surface area (Å²) in [4.78, 5) is 22.8. The van der Waals surface area contributed by atoms with Crippen molar-refractivity contribution in [3.63, 3.8) is 0 Å². The molecule has 2 heterocycles. The molecule has 1 amide bonds. The Kier molecular flexibility index (Phi) is 4.11. The second-order valence-electron chi connectivity index (χ2n) is 5.34. The van der Waals surface area contributed by atoms with Crippen LogP contribution in [0.5, 0.6) is 0 Å². The molecule has 1 saturated carbocycles. The molecule has 1 aromatic heterocycles. The molecule has 1 aliphatic carbocycles. The maximum absolute atomic E-state index is 12.0. The fraction of sp³-hybridized carbons (Fsp3) is 0.643. The molecule has 6 nitrogen and oxygen atoms in total. The van der Waals surface area contributed by atoms with Gasteiger partial charge in [-0.1, -0.05) is 12.8 Å². The van der Waals surface area contributed by atoms with Crippen molar-refractivity contribution < 1.29 is 9.53 Å². The lowest BCUT2D eigenvalue weighted by molar-refractivity contribution is -0.119. The monoisotopic (exact) mass is 276 g/mol. The van der Waals surface area contributed by atoms with Crippen molar-refractivity contribution in [3.8, 4) is 0 Å². The highest BCUT2D eigenvalue weighted by Gasteiger charge is 2.22. The third kappa shape index (κ3) is 3.07. The predicted octanol–water partition coefficient (Wildman–Crippen LogP) is 1.44. The van der Waals surface area contributed by atoms with Gasteiger partial charge in [0.1, 0.15) is 0 Å². The Morgan fingerprint density at radius 3 is 2.50 bits per heavy atom. The molecule has 20 heavy (non-hydrogen) atoms. The van der Waals surface area contributed by atoms with Crippen LogP contribution in [0.3, 0.4) is 0 Å². The van der Waals surface area contributed by atoms with E-state index in [0.29, 0.717) is 24.8 Å². The number of anilines is 2. The molecular formula is C14H20N4O2. The summed E-state index contributed by atoms with van der Waals surface area (Å²) in [5, 5.41) is 2.91. The Morgan fingerprint density at radius 2 is 1.85 bits per heavy atom. The maximum atomic E-state index is 12.0. The summed E-state index contributed by atoms with van der Waals surface area (Å²) >= 11 is 0. The number of ether oxygens (including phenoxy) is 1. The van der Waals surface area contributed by atoms with Gasteiger partial charge in [0.25, 0.3) is 0 Å². The van der Waals surface area contributed by atoms with E-state index in [1.165, 1.54) is 0 Å². The Morgan fingerprint density at radius 1 is 1.20 bits per heavy atom. The molecule has 2 aliphatic rings.